The van der Waals surface area contributed by atoms with E-state index >= 15 is 0 Å². The molecule has 0 spiro atoms. The summed E-state index contributed by atoms with van der Waals surface area (Å²) < 4.78 is 0. The molecule has 0 aliphatic rings. The summed E-state index contributed by atoms with van der Waals surface area (Å²) in [6.45, 7) is 1.14. The van der Waals surface area contributed by atoms with Crippen LogP contribution in [0.5, 0.6) is 0 Å². The number of rotatable bonds is 5. The SMILES string of the molecule is N#Cc1ccc(N(CCO)Cc2cccnc2)cc1Cl. The Balaban J connectivity index is 2.24. The largest absolute Gasteiger partial charge is 0.395 e. The zero-order chi connectivity index (χ0) is 14.4. The molecule has 0 atom stereocenters. The summed E-state index contributed by atoms with van der Waals surface area (Å²) in [5.74, 6) is 0. The van der Waals surface area contributed by atoms with Crippen molar-refractivity contribution in [2.45, 2.75) is 6.54 Å². The van der Waals surface area contributed by atoms with Crippen LogP contribution in [0.3, 0.4) is 0 Å². The lowest BCUT2D eigenvalue weighted by Gasteiger charge is -2.24. The first-order valence-electron chi connectivity index (χ1n) is 6.19. The molecule has 0 aliphatic heterocycles. The Morgan fingerprint density at radius 1 is 1.35 bits per heavy atom. The highest BCUT2D eigenvalue weighted by Crippen LogP contribution is 2.24. The number of aromatic nitrogens is 1. The van der Waals surface area contributed by atoms with Gasteiger partial charge >= 0.3 is 0 Å². The fourth-order valence-electron chi connectivity index (χ4n) is 1.92. The van der Waals surface area contributed by atoms with Gasteiger partial charge in [-0.2, -0.15) is 5.26 Å². The standard InChI is InChI=1S/C15H14ClN3O/c16-15-8-14(4-3-13(15)9-17)19(6-7-20)11-12-2-1-5-18-10-12/h1-5,8,10,20H,6-7,11H2. The van der Waals surface area contributed by atoms with E-state index in [4.69, 9.17) is 16.9 Å². The van der Waals surface area contributed by atoms with Gasteiger partial charge in [-0.3, -0.25) is 4.98 Å². The lowest BCUT2D eigenvalue weighted by Crippen LogP contribution is -2.26. The van der Waals surface area contributed by atoms with E-state index < -0.39 is 0 Å². The van der Waals surface area contributed by atoms with Crippen LogP contribution in [-0.2, 0) is 6.54 Å². The molecular formula is C15H14ClN3O. The molecule has 102 valence electrons. The smallest absolute Gasteiger partial charge is 0.101 e. The third-order valence-corrected chi connectivity index (χ3v) is 3.22. The number of pyridine rings is 1. The van der Waals surface area contributed by atoms with E-state index in [1.54, 1.807) is 24.5 Å². The molecular weight excluding hydrogens is 274 g/mol. The van der Waals surface area contributed by atoms with Crippen molar-refractivity contribution < 1.29 is 5.11 Å². The minimum absolute atomic E-state index is 0.0396. The molecule has 0 bridgehead atoms. The van der Waals surface area contributed by atoms with Crippen molar-refractivity contribution >= 4 is 17.3 Å². The third kappa shape index (κ3) is 3.47. The number of aliphatic hydroxyl groups is 1. The molecule has 0 saturated carbocycles. The van der Waals surface area contributed by atoms with E-state index in [0.29, 0.717) is 23.7 Å². The van der Waals surface area contributed by atoms with Crippen LogP contribution in [0.15, 0.2) is 42.7 Å². The van der Waals surface area contributed by atoms with E-state index in [1.165, 1.54) is 0 Å². The van der Waals surface area contributed by atoms with E-state index in [9.17, 15) is 5.11 Å². The highest BCUT2D eigenvalue weighted by atomic mass is 35.5. The minimum atomic E-state index is 0.0396. The molecule has 20 heavy (non-hydrogen) atoms. The summed E-state index contributed by atoms with van der Waals surface area (Å²) in [6, 6.07) is 11.1. The Labute approximate surface area is 122 Å². The van der Waals surface area contributed by atoms with Crippen molar-refractivity contribution in [3.63, 3.8) is 0 Å². The second-order valence-electron chi connectivity index (χ2n) is 4.28. The van der Waals surface area contributed by atoms with Crippen LogP contribution in [0.2, 0.25) is 5.02 Å². The Morgan fingerprint density at radius 2 is 2.20 bits per heavy atom. The summed E-state index contributed by atoms with van der Waals surface area (Å²) in [5, 5.41) is 18.5. The molecule has 0 amide bonds. The first-order valence-corrected chi connectivity index (χ1v) is 6.56. The Bertz CT molecular complexity index is 610. The maximum atomic E-state index is 9.20. The third-order valence-electron chi connectivity index (χ3n) is 2.90. The normalized spacial score (nSPS) is 10.1. The van der Waals surface area contributed by atoms with Crippen LogP contribution in [0, 0.1) is 11.3 Å². The molecule has 5 heteroatoms. The Morgan fingerprint density at radius 3 is 2.80 bits per heavy atom. The topological polar surface area (TPSA) is 60.2 Å². The first kappa shape index (κ1) is 14.3. The molecule has 1 aromatic heterocycles. The number of aliphatic hydroxyl groups excluding tert-OH is 1. The van der Waals surface area contributed by atoms with Gasteiger partial charge in [0.2, 0.25) is 0 Å². The number of anilines is 1. The van der Waals surface area contributed by atoms with Gasteiger partial charge in [0.25, 0.3) is 0 Å². The van der Waals surface area contributed by atoms with E-state index in [-0.39, 0.29) is 6.61 Å². The highest BCUT2D eigenvalue weighted by molar-refractivity contribution is 6.32. The summed E-state index contributed by atoms with van der Waals surface area (Å²) in [5.41, 5.74) is 2.36. The summed E-state index contributed by atoms with van der Waals surface area (Å²) in [4.78, 5) is 6.07. The summed E-state index contributed by atoms with van der Waals surface area (Å²) >= 11 is 6.05. The molecule has 0 aliphatic carbocycles. The van der Waals surface area contributed by atoms with Crippen LogP contribution < -0.4 is 4.90 Å². The van der Waals surface area contributed by atoms with Crippen molar-refractivity contribution in [1.29, 1.82) is 5.26 Å². The van der Waals surface area contributed by atoms with Crippen molar-refractivity contribution in [1.82, 2.24) is 4.98 Å². The number of hydrogen-bond donors (Lipinski definition) is 1. The quantitative estimate of drug-likeness (QED) is 0.918. The second kappa shape index (κ2) is 6.90. The number of nitriles is 1. The highest BCUT2D eigenvalue weighted by Gasteiger charge is 2.09. The minimum Gasteiger partial charge on any atom is -0.395 e. The fourth-order valence-corrected chi connectivity index (χ4v) is 2.14. The summed E-state index contributed by atoms with van der Waals surface area (Å²) in [7, 11) is 0. The van der Waals surface area contributed by atoms with Gasteiger partial charge in [0.15, 0.2) is 0 Å². The van der Waals surface area contributed by atoms with E-state index in [1.807, 2.05) is 29.2 Å². The van der Waals surface area contributed by atoms with Crippen LogP contribution in [0.25, 0.3) is 0 Å². The van der Waals surface area contributed by atoms with Gasteiger partial charge in [-0.05, 0) is 29.8 Å². The average molecular weight is 288 g/mol. The number of halogens is 1. The molecule has 0 unspecified atom stereocenters. The van der Waals surface area contributed by atoms with Gasteiger partial charge in [0.05, 0.1) is 17.2 Å². The van der Waals surface area contributed by atoms with Crippen LogP contribution in [0.1, 0.15) is 11.1 Å². The van der Waals surface area contributed by atoms with Gasteiger partial charge in [0, 0.05) is 31.2 Å². The first-order chi connectivity index (χ1) is 9.74. The molecule has 2 aromatic rings. The molecule has 0 fully saturated rings. The Hall–Kier alpha value is -2.09. The van der Waals surface area contributed by atoms with Gasteiger partial charge in [-0.1, -0.05) is 17.7 Å². The van der Waals surface area contributed by atoms with E-state index in [2.05, 4.69) is 4.98 Å². The molecule has 4 nitrogen and oxygen atoms in total. The van der Waals surface area contributed by atoms with Gasteiger partial charge < -0.3 is 10.0 Å². The summed E-state index contributed by atoms with van der Waals surface area (Å²) in [6.07, 6.45) is 3.51. The maximum Gasteiger partial charge on any atom is 0.101 e. The molecule has 1 aromatic carbocycles. The maximum absolute atomic E-state index is 9.20. The lowest BCUT2D eigenvalue weighted by molar-refractivity contribution is 0.301. The number of hydrogen-bond acceptors (Lipinski definition) is 4. The molecule has 1 heterocycles. The predicted molar refractivity (Wildman–Crippen MR) is 78.5 cm³/mol. The van der Waals surface area contributed by atoms with Crippen LogP contribution >= 0.6 is 11.6 Å². The van der Waals surface area contributed by atoms with Crippen molar-refractivity contribution in [2.75, 3.05) is 18.1 Å². The monoisotopic (exact) mass is 287 g/mol. The number of benzene rings is 1. The molecule has 2 rings (SSSR count). The second-order valence-corrected chi connectivity index (χ2v) is 4.69. The van der Waals surface area contributed by atoms with Crippen molar-refractivity contribution in [3.8, 4) is 6.07 Å². The van der Waals surface area contributed by atoms with Gasteiger partial charge in [0.1, 0.15) is 6.07 Å². The molecule has 0 radical (unpaired) electrons. The van der Waals surface area contributed by atoms with E-state index in [0.717, 1.165) is 11.3 Å². The zero-order valence-electron chi connectivity index (χ0n) is 10.8. The van der Waals surface area contributed by atoms with Gasteiger partial charge in [-0.15, -0.1) is 0 Å². The average Bonchev–Trinajstić information content (AvgIpc) is 2.48. The molecule has 1 N–H and O–H groups in total. The predicted octanol–water partition coefficient (Wildman–Crippen LogP) is 2.61. The van der Waals surface area contributed by atoms with Crippen molar-refractivity contribution in [2.24, 2.45) is 0 Å². The lowest BCUT2D eigenvalue weighted by atomic mass is 10.2. The van der Waals surface area contributed by atoms with Crippen LogP contribution in [-0.4, -0.2) is 23.2 Å². The van der Waals surface area contributed by atoms with Gasteiger partial charge in [-0.25, -0.2) is 0 Å². The zero-order valence-corrected chi connectivity index (χ0v) is 11.6. The molecule has 0 saturated heterocycles. The van der Waals surface area contributed by atoms with Crippen LogP contribution in [0.4, 0.5) is 5.69 Å². The Kier molecular flexibility index (Phi) is 4.94. The number of nitrogens with zero attached hydrogens (tertiary/aromatic N) is 3. The fraction of sp³-hybridized carbons (Fsp3) is 0.200. The van der Waals surface area contributed by atoms with Crippen molar-refractivity contribution in [3.05, 3.63) is 58.9 Å².